The first-order valence-corrected chi connectivity index (χ1v) is 24.6. The molecule has 83 heavy (non-hydrogen) atoms. The molecule has 0 aliphatic rings. The fourth-order valence-electron chi connectivity index (χ4n) is 5.42. The summed E-state index contributed by atoms with van der Waals surface area (Å²) in [4.78, 5) is 69.7. The van der Waals surface area contributed by atoms with Crippen LogP contribution in [-0.2, 0) is 27.0 Å². The Morgan fingerprint density at radius 3 is 1.35 bits per heavy atom. The van der Waals surface area contributed by atoms with Crippen molar-refractivity contribution in [3.63, 3.8) is 0 Å². The third kappa shape index (κ3) is 22.0. The van der Waals surface area contributed by atoms with Crippen LogP contribution >= 0.6 is 64.8 Å². The van der Waals surface area contributed by atoms with E-state index in [0.717, 1.165) is 54.6 Å². The second-order valence-corrected chi connectivity index (χ2v) is 19.1. The van der Waals surface area contributed by atoms with E-state index in [1.54, 1.807) is 0 Å². The summed E-state index contributed by atoms with van der Waals surface area (Å²) in [5.41, 5.74) is -11.9. The van der Waals surface area contributed by atoms with Gasteiger partial charge in [0.1, 0.15) is 11.3 Å². The highest BCUT2D eigenvalue weighted by atomic mass is 79.9. The Kier molecular flexibility index (Phi) is 29.0. The third-order valence-electron chi connectivity index (χ3n) is 9.23. The minimum Gasteiger partial charge on any atom is -0.478 e. The van der Waals surface area contributed by atoms with Crippen LogP contribution in [0.25, 0.3) is 0 Å². The van der Waals surface area contributed by atoms with Gasteiger partial charge in [-0.3, -0.25) is 39.9 Å². The number of nitro groups is 3. The summed E-state index contributed by atoms with van der Waals surface area (Å²) in [5.74, 6) is -7.59. The molecule has 0 aliphatic heterocycles. The van der Waals surface area contributed by atoms with E-state index in [2.05, 4.69) is 58.0 Å². The Bertz CT molecular complexity index is 3070. The van der Waals surface area contributed by atoms with Crippen LogP contribution in [0.4, 0.5) is 107 Å². The molecule has 0 spiro atoms. The van der Waals surface area contributed by atoms with E-state index in [9.17, 15) is 124 Å². The maximum absolute atomic E-state index is 14.3. The summed E-state index contributed by atoms with van der Waals surface area (Å²) >= 11 is 10.4. The lowest BCUT2D eigenvalue weighted by Gasteiger charge is -2.30. The molecule has 0 saturated heterocycles. The minimum absolute atomic E-state index is 0.106. The van der Waals surface area contributed by atoms with Gasteiger partial charge in [0.05, 0.1) is 25.9 Å². The molecule has 0 radical (unpaired) electrons. The van der Waals surface area contributed by atoms with Crippen LogP contribution in [0.15, 0.2) is 93.9 Å². The van der Waals surface area contributed by atoms with Crippen molar-refractivity contribution >= 4 is 120 Å². The molecule has 0 heterocycles. The van der Waals surface area contributed by atoms with Gasteiger partial charge in [-0.05, 0) is 76.9 Å². The van der Waals surface area contributed by atoms with E-state index in [4.69, 9.17) is 31.4 Å². The minimum atomic E-state index is -6.12. The van der Waals surface area contributed by atoms with Crippen molar-refractivity contribution in [2.45, 2.75) is 49.8 Å². The van der Waals surface area contributed by atoms with Gasteiger partial charge in [0.15, 0.2) is 5.78 Å². The third-order valence-corrected chi connectivity index (χ3v) is 10.8. The first-order chi connectivity index (χ1) is 37.6. The number of anilines is 1. The number of benzene rings is 5. The maximum atomic E-state index is 14.3. The van der Waals surface area contributed by atoms with E-state index < -0.39 is 168 Å². The van der Waals surface area contributed by atoms with E-state index in [-0.39, 0.29) is 17.1 Å². The number of nitro benzene ring substituents is 3. The SMILES string of the molecule is CC(F)(c1cc(Br)c(CC(=O)c2cccc([N+](=O)[O-])c2F)c(OC(F)F)c1)C(F)(F)F.Nc1ccc(C(F)(C(F)(F)F)C(F)(F)F)cc1Br.O=C(Cl)c1cccc([N+](=O)[O-])c1F.O=C(F)F.O=C(O)c1cccc([N+](=O)[O-])c1F.O=S(Cl)Cl. The summed E-state index contributed by atoms with van der Waals surface area (Å²) in [6.45, 7) is -3.37. The molecule has 0 saturated carbocycles. The van der Waals surface area contributed by atoms with Gasteiger partial charge in [-0.2, -0.15) is 61.5 Å². The molecule has 41 heteroatoms. The van der Waals surface area contributed by atoms with Crippen molar-refractivity contribution in [2.24, 2.45) is 0 Å². The lowest BCUT2D eigenvalue weighted by atomic mass is 9.93. The molecule has 0 bridgehead atoms. The van der Waals surface area contributed by atoms with Crippen LogP contribution in [-0.4, -0.2) is 72.5 Å². The zero-order valence-electron chi connectivity index (χ0n) is 39.2. The van der Waals surface area contributed by atoms with Crippen molar-refractivity contribution in [2.75, 3.05) is 5.73 Å². The Labute approximate surface area is 481 Å². The Morgan fingerprint density at radius 2 is 1.01 bits per heavy atom. The number of rotatable bonds is 12. The van der Waals surface area contributed by atoms with Gasteiger partial charge in [-0.1, -0.05) is 40.2 Å². The number of carbonyl (C=O) groups excluding carboxylic acids is 3. The molecule has 5 aromatic carbocycles. The number of carbonyl (C=O) groups is 4. The molecule has 1 atom stereocenters. The van der Waals surface area contributed by atoms with Gasteiger partial charge >= 0.3 is 60.1 Å². The van der Waals surface area contributed by atoms with Gasteiger partial charge in [-0.15, -0.1) is 8.78 Å². The first kappa shape index (κ1) is 76.1. The number of hydrogen-bond acceptors (Lipinski definition) is 13. The second kappa shape index (κ2) is 31.7. The molecule has 0 fully saturated rings. The van der Waals surface area contributed by atoms with E-state index >= 15 is 0 Å². The number of aromatic carboxylic acids is 1. The quantitative estimate of drug-likeness (QED) is 0.0294. The van der Waals surface area contributed by atoms with Crippen molar-refractivity contribution in [1.82, 2.24) is 0 Å². The molecule has 456 valence electrons. The number of carboxylic acid groups (broad SMARTS) is 1. The Morgan fingerprint density at radius 1 is 0.651 bits per heavy atom. The number of carboxylic acids is 1. The number of nitrogens with two attached hydrogens (primary N) is 1. The van der Waals surface area contributed by atoms with Gasteiger partial charge < -0.3 is 15.6 Å². The number of Topliss-reactive ketones (excluding diaryl/α,β-unsaturated/α-hetero) is 1. The maximum Gasteiger partial charge on any atom is 0.483 e. The number of nitrogens with zero attached hydrogens (tertiary/aromatic N) is 3. The number of nitrogen functional groups attached to an aromatic ring is 1. The van der Waals surface area contributed by atoms with Crippen LogP contribution < -0.4 is 10.5 Å². The van der Waals surface area contributed by atoms with Crippen LogP contribution in [0.3, 0.4) is 0 Å². The molecule has 3 N–H and O–H groups in total. The second-order valence-electron chi connectivity index (χ2n) is 14.5. The standard InChI is InChI=1S/C18H11BrF7NO4.C9H5BrF7N.C7H3ClFNO3.C7H4FNO4.CF2O.Cl2OS/c1-17(23,18(24,25)26)8-5-11(19)10(14(6-8)31-16(21)22)7-13(28)9-3-2-4-12(15(9)20)27(29)30;10-5-3-4(1-2-6(5)18)7(11,8(12,13)14)9(15,16)17;8-7(11)4-2-1-3-5(6(4)9)10(12)13;8-6-4(7(10)11)2-1-3-5(6)9(12)13;2-1(3)4;1-4(2)3/h2-6,16H,7H2,1H3;1-3H,18H2;1-3H;1-3H,(H,10,11);;. The van der Waals surface area contributed by atoms with Crippen LogP contribution in [0, 0.1) is 47.8 Å². The summed E-state index contributed by atoms with van der Waals surface area (Å²) < 4.78 is 239. The monoisotopic (exact) mass is 1430 g/mol. The summed E-state index contributed by atoms with van der Waals surface area (Å²) in [6.07, 6.45) is -21.4. The fourth-order valence-corrected chi connectivity index (χ4v) is 6.53. The molecule has 0 amide bonds. The summed E-state index contributed by atoms with van der Waals surface area (Å²) in [7, 11) is 7.36. The zero-order valence-corrected chi connectivity index (χ0v) is 45.5. The molecule has 17 nitrogen and oxygen atoms in total. The normalized spacial score (nSPS) is 11.9. The summed E-state index contributed by atoms with van der Waals surface area (Å²) in [6, 6.07) is 11.4. The highest BCUT2D eigenvalue weighted by Gasteiger charge is 2.73. The van der Waals surface area contributed by atoms with Gasteiger partial charge in [0.2, 0.25) is 32.3 Å². The molecule has 5 rings (SSSR count). The van der Waals surface area contributed by atoms with Crippen LogP contribution in [0.5, 0.6) is 5.75 Å². The molecule has 1 unspecified atom stereocenters. The highest BCUT2D eigenvalue weighted by Crippen LogP contribution is 2.54. The average molecular weight is 1430 g/mol. The fraction of sp³-hybridized carbons (Fsp3) is 0.190. The van der Waals surface area contributed by atoms with Crippen molar-refractivity contribution < 1.29 is 127 Å². The number of ether oxygens (including phenoxy) is 1. The van der Waals surface area contributed by atoms with Crippen molar-refractivity contribution in [1.29, 1.82) is 0 Å². The Balaban J connectivity index is 0.00000110. The largest absolute Gasteiger partial charge is 0.483 e. The molecule has 0 aromatic heterocycles. The molecule has 0 aliphatic carbocycles. The van der Waals surface area contributed by atoms with E-state index in [1.807, 2.05) is 0 Å². The topological polar surface area (TPSA) is 270 Å². The van der Waals surface area contributed by atoms with Gasteiger partial charge in [0, 0.05) is 77.3 Å². The number of halogens is 23. The first-order valence-electron chi connectivity index (χ1n) is 19.9. The predicted octanol–water partition coefficient (Wildman–Crippen LogP) is 16.2. The van der Waals surface area contributed by atoms with E-state index in [1.165, 1.54) is 6.07 Å². The van der Waals surface area contributed by atoms with Crippen molar-refractivity contribution in [3.05, 3.63) is 175 Å². The number of hydrogen-bond donors (Lipinski definition) is 2. The summed E-state index contributed by atoms with van der Waals surface area (Å²) in [5, 5.41) is 38.5. The predicted molar refractivity (Wildman–Crippen MR) is 261 cm³/mol. The smallest absolute Gasteiger partial charge is 0.478 e. The lowest BCUT2D eigenvalue weighted by molar-refractivity contribution is -0.387. The van der Waals surface area contributed by atoms with Crippen LogP contribution in [0.1, 0.15) is 54.7 Å². The van der Waals surface area contributed by atoms with Crippen LogP contribution in [0.2, 0.25) is 0 Å². The highest BCUT2D eigenvalue weighted by molar-refractivity contribution is 9.11. The molecule has 5 aromatic rings. The van der Waals surface area contributed by atoms with E-state index in [0.29, 0.717) is 24.3 Å². The molecular weight excluding hydrogens is 1410 g/mol. The zero-order chi connectivity index (χ0) is 65.2. The Hall–Kier alpha value is -6.90. The molecular formula is C42H23Br2Cl3F18N4O13S. The van der Waals surface area contributed by atoms with Gasteiger partial charge in [-0.25, -0.2) is 22.6 Å². The average Bonchev–Trinajstić information content (AvgIpc) is 3.44. The van der Waals surface area contributed by atoms with Crippen molar-refractivity contribution in [3.8, 4) is 5.75 Å². The number of ketones is 1. The number of alkyl halides is 13. The lowest BCUT2D eigenvalue weighted by Crippen LogP contribution is -2.50. The van der Waals surface area contributed by atoms with Gasteiger partial charge in [0.25, 0.3) is 5.24 Å².